The van der Waals surface area contributed by atoms with Gasteiger partial charge in [0, 0.05) is 24.5 Å². The number of nitrogens with zero attached hydrogens (tertiary/aromatic N) is 2. The zero-order valence-electron chi connectivity index (χ0n) is 25.0. The van der Waals surface area contributed by atoms with E-state index in [4.69, 9.17) is 11.6 Å². The van der Waals surface area contributed by atoms with E-state index in [9.17, 15) is 18.0 Å². The number of anilines is 1. The van der Waals surface area contributed by atoms with Crippen LogP contribution in [0.4, 0.5) is 5.69 Å². The highest BCUT2D eigenvalue weighted by Crippen LogP contribution is 2.28. The number of halogens is 1. The summed E-state index contributed by atoms with van der Waals surface area (Å²) in [5.74, 6) is -0.814. The molecular formula is C35H38ClN3O4S. The summed E-state index contributed by atoms with van der Waals surface area (Å²) in [6.45, 7) is 3.87. The van der Waals surface area contributed by atoms with Crippen LogP contribution in [0.3, 0.4) is 0 Å². The van der Waals surface area contributed by atoms with Crippen LogP contribution >= 0.6 is 11.6 Å². The zero-order valence-corrected chi connectivity index (χ0v) is 26.6. The Hall–Kier alpha value is -4.14. The van der Waals surface area contributed by atoms with Crippen LogP contribution in [0.25, 0.3) is 0 Å². The summed E-state index contributed by atoms with van der Waals surface area (Å²) in [6.07, 6.45) is 1.95. The summed E-state index contributed by atoms with van der Waals surface area (Å²) in [5.41, 5.74) is 2.68. The minimum Gasteiger partial charge on any atom is -0.354 e. The van der Waals surface area contributed by atoms with Crippen molar-refractivity contribution in [2.24, 2.45) is 0 Å². The number of hydrogen-bond acceptors (Lipinski definition) is 4. The summed E-state index contributed by atoms with van der Waals surface area (Å²) in [4.78, 5) is 29.8. The second-order valence-corrected chi connectivity index (χ2v) is 12.9. The molecule has 4 aromatic rings. The minimum absolute atomic E-state index is 0.0606. The van der Waals surface area contributed by atoms with E-state index in [-0.39, 0.29) is 23.8 Å². The number of carbonyl (C=O) groups is 2. The van der Waals surface area contributed by atoms with Crippen molar-refractivity contribution in [3.8, 4) is 0 Å². The van der Waals surface area contributed by atoms with Crippen molar-refractivity contribution < 1.29 is 18.0 Å². The molecule has 0 saturated carbocycles. The Labute approximate surface area is 265 Å². The summed E-state index contributed by atoms with van der Waals surface area (Å²) in [5, 5.41) is 3.49. The van der Waals surface area contributed by atoms with Crippen LogP contribution in [-0.2, 0) is 32.6 Å². The smallest absolute Gasteiger partial charge is 0.264 e. The van der Waals surface area contributed by atoms with Crippen LogP contribution in [0.2, 0.25) is 5.02 Å². The number of hydrogen-bond donors (Lipinski definition) is 1. The first-order chi connectivity index (χ1) is 21.2. The first-order valence-corrected chi connectivity index (χ1v) is 16.5. The second kappa shape index (κ2) is 15.5. The van der Waals surface area contributed by atoms with Crippen LogP contribution in [0, 0.1) is 6.92 Å². The Balaban J connectivity index is 1.79. The molecule has 0 aromatic heterocycles. The third kappa shape index (κ3) is 8.49. The average molecular weight is 632 g/mol. The molecule has 230 valence electrons. The SMILES string of the molecule is CCCCNC(=O)[C@@H](Cc1ccccc1)N(Cc1cccc(Cl)c1)C(=O)CN(c1ccccc1C)S(=O)(=O)c1ccccc1. The number of para-hydroxylation sites is 1. The van der Waals surface area contributed by atoms with Crippen LogP contribution in [0.1, 0.15) is 36.5 Å². The van der Waals surface area contributed by atoms with Gasteiger partial charge in [0.2, 0.25) is 11.8 Å². The molecule has 4 rings (SSSR count). The predicted octanol–water partition coefficient (Wildman–Crippen LogP) is 6.40. The number of aryl methyl sites for hydroxylation is 1. The molecule has 4 aromatic carbocycles. The first kappa shape index (κ1) is 32.8. The number of carbonyl (C=O) groups excluding carboxylic acids is 2. The average Bonchev–Trinajstić information content (AvgIpc) is 3.03. The molecule has 0 radical (unpaired) electrons. The molecule has 0 unspecified atom stereocenters. The van der Waals surface area contributed by atoms with Gasteiger partial charge in [-0.1, -0.05) is 104 Å². The van der Waals surface area contributed by atoms with E-state index < -0.39 is 28.5 Å². The lowest BCUT2D eigenvalue weighted by Crippen LogP contribution is -2.53. The third-order valence-electron chi connectivity index (χ3n) is 7.34. The molecule has 0 fully saturated rings. The quantitative estimate of drug-likeness (QED) is 0.163. The van der Waals surface area contributed by atoms with Crippen molar-refractivity contribution in [3.63, 3.8) is 0 Å². The maximum Gasteiger partial charge on any atom is 0.264 e. The van der Waals surface area contributed by atoms with Crippen molar-refractivity contribution >= 4 is 39.1 Å². The minimum atomic E-state index is -4.14. The van der Waals surface area contributed by atoms with Gasteiger partial charge in [-0.05, 0) is 60.4 Å². The van der Waals surface area contributed by atoms with Crippen molar-refractivity contribution in [2.75, 3.05) is 17.4 Å². The molecule has 0 saturated heterocycles. The number of amides is 2. The molecular weight excluding hydrogens is 594 g/mol. The Morgan fingerprint density at radius 2 is 1.48 bits per heavy atom. The molecule has 9 heteroatoms. The molecule has 0 bridgehead atoms. The van der Waals surface area contributed by atoms with E-state index in [1.165, 1.54) is 17.0 Å². The molecule has 44 heavy (non-hydrogen) atoms. The lowest BCUT2D eigenvalue weighted by atomic mass is 10.0. The monoisotopic (exact) mass is 631 g/mol. The van der Waals surface area contributed by atoms with Crippen LogP contribution in [0.15, 0.2) is 114 Å². The number of sulfonamides is 1. The molecule has 0 aliphatic rings. The molecule has 0 spiro atoms. The Morgan fingerprint density at radius 1 is 0.841 bits per heavy atom. The van der Waals surface area contributed by atoms with Crippen LogP contribution < -0.4 is 9.62 Å². The van der Waals surface area contributed by atoms with Crippen molar-refractivity contribution in [1.82, 2.24) is 10.2 Å². The van der Waals surface area contributed by atoms with Crippen molar-refractivity contribution in [1.29, 1.82) is 0 Å². The fourth-order valence-electron chi connectivity index (χ4n) is 4.97. The number of rotatable bonds is 14. The van der Waals surface area contributed by atoms with Gasteiger partial charge in [0.05, 0.1) is 10.6 Å². The standard InChI is InChI=1S/C35H38ClN3O4S/c1-3-4-22-37-35(41)33(24-28-15-7-5-8-16-28)38(25-29-17-13-18-30(36)23-29)34(40)26-39(32-21-12-11-14-27(32)2)44(42,43)31-19-9-6-10-20-31/h5-21,23,33H,3-4,22,24-26H2,1-2H3,(H,37,41)/t33-/m1/s1. The largest absolute Gasteiger partial charge is 0.354 e. The number of benzene rings is 4. The van der Waals surface area contributed by atoms with E-state index in [1.54, 1.807) is 61.5 Å². The first-order valence-electron chi connectivity index (χ1n) is 14.7. The highest BCUT2D eigenvalue weighted by Gasteiger charge is 2.35. The Morgan fingerprint density at radius 3 is 2.14 bits per heavy atom. The van der Waals surface area contributed by atoms with Gasteiger partial charge in [-0.25, -0.2) is 8.42 Å². The van der Waals surface area contributed by atoms with E-state index in [2.05, 4.69) is 5.32 Å². The third-order valence-corrected chi connectivity index (χ3v) is 9.35. The molecule has 2 amide bonds. The maximum absolute atomic E-state index is 14.5. The molecule has 0 heterocycles. The summed E-state index contributed by atoms with van der Waals surface area (Å²) in [7, 11) is -4.14. The topological polar surface area (TPSA) is 86.8 Å². The number of nitrogens with one attached hydrogen (secondary N) is 1. The van der Waals surface area contributed by atoms with E-state index >= 15 is 0 Å². The van der Waals surface area contributed by atoms with E-state index in [0.717, 1.165) is 28.3 Å². The maximum atomic E-state index is 14.5. The summed E-state index contributed by atoms with van der Waals surface area (Å²) >= 11 is 6.30. The Kier molecular flexibility index (Phi) is 11.6. The zero-order chi connectivity index (χ0) is 31.5. The molecule has 1 atom stereocenters. The molecule has 7 nitrogen and oxygen atoms in total. The van der Waals surface area contributed by atoms with E-state index in [0.29, 0.717) is 22.8 Å². The highest BCUT2D eigenvalue weighted by molar-refractivity contribution is 7.92. The normalized spacial score (nSPS) is 11.9. The fraction of sp³-hybridized carbons (Fsp3) is 0.257. The van der Waals surface area contributed by atoms with Crippen molar-refractivity contribution in [2.45, 2.75) is 50.6 Å². The highest BCUT2D eigenvalue weighted by atomic mass is 35.5. The van der Waals surface area contributed by atoms with Gasteiger partial charge in [-0.15, -0.1) is 0 Å². The Bertz CT molecular complexity index is 1650. The predicted molar refractivity (Wildman–Crippen MR) is 176 cm³/mol. The van der Waals surface area contributed by atoms with Crippen LogP contribution in [-0.4, -0.2) is 44.3 Å². The molecule has 1 N–H and O–H groups in total. The van der Waals surface area contributed by atoms with Gasteiger partial charge in [0.1, 0.15) is 12.6 Å². The molecule has 0 aliphatic heterocycles. The van der Waals surface area contributed by atoms with Crippen LogP contribution in [0.5, 0.6) is 0 Å². The van der Waals surface area contributed by atoms with Crippen molar-refractivity contribution in [3.05, 3.63) is 131 Å². The van der Waals surface area contributed by atoms with E-state index in [1.807, 2.05) is 49.4 Å². The van der Waals surface area contributed by atoms with Gasteiger partial charge < -0.3 is 10.2 Å². The lowest BCUT2D eigenvalue weighted by Gasteiger charge is -2.34. The second-order valence-electron chi connectivity index (χ2n) is 10.6. The van der Waals surface area contributed by atoms with Gasteiger partial charge in [-0.2, -0.15) is 0 Å². The van der Waals surface area contributed by atoms with Gasteiger partial charge in [0.15, 0.2) is 0 Å². The van der Waals surface area contributed by atoms with Gasteiger partial charge in [0.25, 0.3) is 10.0 Å². The van der Waals surface area contributed by atoms with Gasteiger partial charge >= 0.3 is 0 Å². The fourth-order valence-corrected chi connectivity index (χ4v) is 6.68. The number of unbranched alkanes of at least 4 members (excludes halogenated alkanes) is 1. The molecule has 0 aliphatic carbocycles. The lowest BCUT2D eigenvalue weighted by molar-refractivity contribution is -0.140. The summed E-state index contributed by atoms with van der Waals surface area (Å²) < 4.78 is 29.3. The summed E-state index contributed by atoms with van der Waals surface area (Å²) in [6, 6.07) is 30.8. The van der Waals surface area contributed by atoms with Gasteiger partial charge in [-0.3, -0.25) is 13.9 Å².